The standard InChI is InChI=1S/C15H22N2O3/c16-9-10-17(11-5-2-1-3-6-11)15(20)14-12(18)7-4-8-13(14)19/h4,7-8,11,18-19H,1-3,5-6,9-10,16H2. The topological polar surface area (TPSA) is 86.8 Å². The first-order valence-corrected chi connectivity index (χ1v) is 7.17. The van der Waals surface area contributed by atoms with Crippen LogP contribution in [0.5, 0.6) is 11.5 Å². The molecule has 110 valence electrons. The molecule has 0 spiro atoms. The van der Waals surface area contributed by atoms with Gasteiger partial charge in [0.1, 0.15) is 17.1 Å². The number of rotatable bonds is 4. The molecule has 2 rings (SSSR count). The van der Waals surface area contributed by atoms with Gasteiger partial charge >= 0.3 is 0 Å². The Hall–Kier alpha value is -1.75. The normalized spacial score (nSPS) is 16.1. The smallest absolute Gasteiger partial charge is 0.261 e. The second kappa shape index (κ2) is 6.61. The fourth-order valence-electron chi connectivity index (χ4n) is 2.87. The van der Waals surface area contributed by atoms with Crippen LogP contribution in [0.3, 0.4) is 0 Å². The minimum atomic E-state index is -0.335. The second-order valence-electron chi connectivity index (χ2n) is 5.25. The number of nitrogens with two attached hydrogens (primary N) is 1. The first-order valence-electron chi connectivity index (χ1n) is 7.17. The number of phenols is 2. The highest BCUT2D eigenvalue weighted by molar-refractivity contribution is 5.99. The summed E-state index contributed by atoms with van der Waals surface area (Å²) in [6, 6.07) is 4.48. The van der Waals surface area contributed by atoms with Crippen molar-refractivity contribution >= 4 is 5.91 Å². The lowest BCUT2D eigenvalue weighted by Crippen LogP contribution is -2.44. The summed E-state index contributed by atoms with van der Waals surface area (Å²) in [7, 11) is 0. The van der Waals surface area contributed by atoms with Crippen molar-refractivity contribution in [2.24, 2.45) is 5.73 Å². The molecule has 0 atom stereocenters. The van der Waals surface area contributed by atoms with Crippen molar-refractivity contribution in [1.82, 2.24) is 4.90 Å². The average molecular weight is 278 g/mol. The van der Waals surface area contributed by atoms with E-state index in [0.717, 1.165) is 25.7 Å². The molecule has 1 aliphatic rings. The lowest BCUT2D eigenvalue weighted by molar-refractivity contribution is 0.0635. The summed E-state index contributed by atoms with van der Waals surface area (Å²) >= 11 is 0. The van der Waals surface area contributed by atoms with Crippen molar-refractivity contribution in [1.29, 1.82) is 0 Å². The zero-order chi connectivity index (χ0) is 14.5. The number of phenolic OH excluding ortho intramolecular Hbond substituents is 2. The first-order chi connectivity index (χ1) is 9.65. The molecule has 0 saturated heterocycles. The lowest BCUT2D eigenvalue weighted by atomic mass is 9.93. The Kier molecular flexibility index (Phi) is 4.84. The number of benzene rings is 1. The molecule has 20 heavy (non-hydrogen) atoms. The fourth-order valence-corrected chi connectivity index (χ4v) is 2.87. The molecule has 1 amide bonds. The van der Waals surface area contributed by atoms with E-state index in [1.54, 1.807) is 4.90 Å². The maximum absolute atomic E-state index is 12.6. The summed E-state index contributed by atoms with van der Waals surface area (Å²) in [5.41, 5.74) is 5.59. The quantitative estimate of drug-likeness (QED) is 0.784. The van der Waals surface area contributed by atoms with Crippen molar-refractivity contribution in [2.75, 3.05) is 13.1 Å². The molecule has 0 bridgehead atoms. The zero-order valence-electron chi connectivity index (χ0n) is 11.6. The molecule has 0 unspecified atom stereocenters. The number of carbonyl (C=O) groups excluding carboxylic acids is 1. The van der Waals surface area contributed by atoms with E-state index in [1.165, 1.54) is 24.6 Å². The maximum Gasteiger partial charge on any atom is 0.261 e. The van der Waals surface area contributed by atoms with Gasteiger partial charge in [0.2, 0.25) is 0 Å². The van der Waals surface area contributed by atoms with Crippen molar-refractivity contribution in [3.63, 3.8) is 0 Å². The van der Waals surface area contributed by atoms with Gasteiger partial charge in [-0.25, -0.2) is 0 Å². The van der Waals surface area contributed by atoms with Crippen molar-refractivity contribution in [3.8, 4) is 11.5 Å². The van der Waals surface area contributed by atoms with Crippen LogP contribution in [0.25, 0.3) is 0 Å². The van der Waals surface area contributed by atoms with E-state index in [1.807, 2.05) is 0 Å². The summed E-state index contributed by atoms with van der Waals surface area (Å²) in [5.74, 6) is -0.710. The first kappa shape index (κ1) is 14.7. The van der Waals surface area contributed by atoms with Crippen molar-refractivity contribution < 1.29 is 15.0 Å². The molecular weight excluding hydrogens is 256 g/mol. The van der Waals surface area contributed by atoms with Gasteiger partial charge in [0.15, 0.2) is 0 Å². The molecular formula is C15H22N2O3. The van der Waals surface area contributed by atoms with E-state index < -0.39 is 0 Å². The van der Waals surface area contributed by atoms with E-state index in [4.69, 9.17) is 5.73 Å². The Bertz CT molecular complexity index is 450. The van der Waals surface area contributed by atoms with Gasteiger partial charge in [0.05, 0.1) is 0 Å². The van der Waals surface area contributed by atoms with Crippen LogP contribution in [0, 0.1) is 0 Å². The second-order valence-corrected chi connectivity index (χ2v) is 5.25. The maximum atomic E-state index is 12.6. The van der Waals surface area contributed by atoms with Gasteiger partial charge in [-0.2, -0.15) is 0 Å². The Balaban J connectivity index is 2.26. The molecule has 0 aromatic heterocycles. The van der Waals surface area contributed by atoms with E-state index in [9.17, 15) is 15.0 Å². The highest BCUT2D eigenvalue weighted by atomic mass is 16.3. The molecule has 4 N–H and O–H groups in total. The van der Waals surface area contributed by atoms with Crippen LogP contribution in [0.1, 0.15) is 42.5 Å². The Morgan fingerprint density at radius 2 is 1.80 bits per heavy atom. The molecule has 0 heterocycles. The van der Waals surface area contributed by atoms with Crippen LogP contribution < -0.4 is 5.73 Å². The highest BCUT2D eigenvalue weighted by Crippen LogP contribution is 2.30. The SMILES string of the molecule is NCCN(C(=O)c1c(O)cccc1O)C1CCCCC1. The molecule has 5 heteroatoms. The minimum absolute atomic E-state index is 0.0217. The third kappa shape index (κ3) is 3.04. The molecule has 1 saturated carbocycles. The van der Waals surface area contributed by atoms with Crippen LogP contribution in [0.15, 0.2) is 18.2 Å². The van der Waals surface area contributed by atoms with Gasteiger partial charge in [-0.05, 0) is 25.0 Å². The number of nitrogens with zero attached hydrogens (tertiary/aromatic N) is 1. The van der Waals surface area contributed by atoms with Crippen LogP contribution in [-0.4, -0.2) is 40.2 Å². The zero-order valence-corrected chi connectivity index (χ0v) is 11.6. The number of hydrogen-bond acceptors (Lipinski definition) is 4. The van der Waals surface area contributed by atoms with Crippen LogP contribution in [0.4, 0.5) is 0 Å². The molecule has 1 aromatic rings. The summed E-state index contributed by atoms with van der Waals surface area (Å²) in [6.07, 6.45) is 5.32. The van der Waals surface area contributed by atoms with Gasteiger partial charge in [0.25, 0.3) is 5.91 Å². The Morgan fingerprint density at radius 3 is 2.35 bits per heavy atom. The molecule has 0 radical (unpaired) electrons. The third-order valence-electron chi connectivity index (χ3n) is 3.88. The monoisotopic (exact) mass is 278 g/mol. The van der Waals surface area contributed by atoms with Gasteiger partial charge in [-0.15, -0.1) is 0 Å². The van der Waals surface area contributed by atoms with E-state index >= 15 is 0 Å². The van der Waals surface area contributed by atoms with Gasteiger partial charge < -0.3 is 20.8 Å². The fraction of sp³-hybridized carbons (Fsp3) is 0.533. The largest absolute Gasteiger partial charge is 0.507 e. The summed E-state index contributed by atoms with van der Waals surface area (Å²) in [6.45, 7) is 0.813. The summed E-state index contributed by atoms with van der Waals surface area (Å²) < 4.78 is 0. The van der Waals surface area contributed by atoms with Crippen LogP contribution in [0.2, 0.25) is 0 Å². The number of amides is 1. The predicted molar refractivity (Wildman–Crippen MR) is 76.7 cm³/mol. The van der Waals surface area contributed by atoms with Crippen LogP contribution in [-0.2, 0) is 0 Å². The summed E-state index contributed by atoms with van der Waals surface area (Å²) in [4.78, 5) is 14.3. The van der Waals surface area contributed by atoms with Gasteiger partial charge in [-0.1, -0.05) is 25.3 Å². The van der Waals surface area contributed by atoms with Crippen molar-refractivity contribution in [3.05, 3.63) is 23.8 Å². The number of aromatic hydroxyl groups is 2. The number of carbonyl (C=O) groups is 1. The molecule has 1 fully saturated rings. The molecule has 1 aromatic carbocycles. The molecule has 1 aliphatic carbocycles. The van der Waals surface area contributed by atoms with Crippen LogP contribution >= 0.6 is 0 Å². The average Bonchev–Trinajstić information content (AvgIpc) is 2.45. The van der Waals surface area contributed by atoms with E-state index in [2.05, 4.69) is 0 Å². The molecule has 0 aliphatic heterocycles. The van der Waals surface area contributed by atoms with E-state index in [-0.39, 0.29) is 29.0 Å². The third-order valence-corrected chi connectivity index (χ3v) is 3.88. The van der Waals surface area contributed by atoms with Crippen molar-refractivity contribution in [2.45, 2.75) is 38.1 Å². The van der Waals surface area contributed by atoms with Gasteiger partial charge in [-0.3, -0.25) is 4.79 Å². The predicted octanol–water partition coefficient (Wildman–Crippen LogP) is 1.83. The van der Waals surface area contributed by atoms with Gasteiger partial charge in [0, 0.05) is 19.1 Å². The lowest BCUT2D eigenvalue weighted by Gasteiger charge is -2.34. The minimum Gasteiger partial charge on any atom is -0.507 e. The number of hydrogen-bond donors (Lipinski definition) is 3. The molecule has 5 nitrogen and oxygen atoms in total. The van der Waals surface area contributed by atoms with E-state index in [0.29, 0.717) is 13.1 Å². The Morgan fingerprint density at radius 1 is 1.20 bits per heavy atom. The summed E-state index contributed by atoms with van der Waals surface area (Å²) in [5, 5.41) is 19.7. The Labute approximate surface area is 119 Å². The highest BCUT2D eigenvalue weighted by Gasteiger charge is 2.28.